The van der Waals surface area contributed by atoms with E-state index in [1.54, 1.807) is 31.2 Å². The van der Waals surface area contributed by atoms with Crippen molar-refractivity contribution < 1.29 is 19.7 Å². The molecule has 0 saturated heterocycles. The highest BCUT2D eigenvalue weighted by atomic mass is 16.5. The van der Waals surface area contributed by atoms with E-state index in [4.69, 9.17) is 15.9 Å². The van der Waals surface area contributed by atoms with Gasteiger partial charge in [-0.15, -0.1) is 0 Å². The first kappa shape index (κ1) is 21.6. The normalized spacial score (nSPS) is 15.3. The Morgan fingerprint density at radius 2 is 1.97 bits per heavy atom. The molecule has 1 unspecified atom stereocenters. The number of carbonyl (C=O) groups is 1. The number of ether oxygens (including phenoxy) is 1. The number of hydrogen-bond donors (Lipinski definition) is 5. The first-order valence-electron chi connectivity index (χ1n) is 10.2. The molecule has 0 radical (unpaired) electrons. The number of rotatable bonds is 10. The van der Waals surface area contributed by atoms with Gasteiger partial charge in [0.2, 0.25) is 0 Å². The zero-order valence-electron chi connectivity index (χ0n) is 17.4. The second-order valence-electron chi connectivity index (χ2n) is 7.80. The van der Waals surface area contributed by atoms with Gasteiger partial charge in [-0.1, -0.05) is 13.0 Å². The SMILES string of the molecule is CCc1cc(C2CC2)cc(C(C)(Nc2ccc(C(=N)N)cc2)C(=O)O)c1OCCO. The summed E-state index contributed by atoms with van der Waals surface area (Å²) in [5.41, 5.74) is 7.81. The molecule has 0 aliphatic heterocycles. The minimum atomic E-state index is -1.46. The molecular weight excluding hydrogens is 382 g/mol. The highest BCUT2D eigenvalue weighted by Crippen LogP contribution is 2.45. The van der Waals surface area contributed by atoms with Gasteiger partial charge in [0.05, 0.1) is 6.61 Å². The Labute approximate surface area is 176 Å². The molecular formula is C23H29N3O4. The van der Waals surface area contributed by atoms with Crippen molar-refractivity contribution >= 4 is 17.5 Å². The summed E-state index contributed by atoms with van der Waals surface area (Å²) in [5.74, 6) is -0.128. The van der Waals surface area contributed by atoms with Crippen LogP contribution in [0.5, 0.6) is 5.75 Å². The molecule has 7 heteroatoms. The Morgan fingerprint density at radius 1 is 1.30 bits per heavy atom. The number of aliphatic carboxylic acids is 1. The van der Waals surface area contributed by atoms with Crippen LogP contribution in [0.2, 0.25) is 0 Å². The van der Waals surface area contributed by atoms with Gasteiger partial charge in [-0.2, -0.15) is 0 Å². The van der Waals surface area contributed by atoms with Gasteiger partial charge in [0.25, 0.3) is 0 Å². The molecule has 0 aromatic heterocycles. The van der Waals surface area contributed by atoms with Crippen molar-refractivity contribution in [1.82, 2.24) is 0 Å². The minimum absolute atomic E-state index is 0.0491. The van der Waals surface area contributed by atoms with Crippen LogP contribution in [0, 0.1) is 5.41 Å². The maximum absolute atomic E-state index is 12.5. The molecule has 1 aliphatic rings. The van der Waals surface area contributed by atoms with Crippen LogP contribution in [0.15, 0.2) is 36.4 Å². The highest BCUT2D eigenvalue weighted by molar-refractivity contribution is 5.95. The molecule has 1 fully saturated rings. The molecule has 0 spiro atoms. The van der Waals surface area contributed by atoms with Crippen LogP contribution in [-0.2, 0) is 16.8 Å². The van der Waals surface area contributed by atoms with Crippen molar-refractivity contribution in [2.45, 2.75) is 44.6 Å². The fourth-order valence-electron chi connectivity index (χ4n) is 3.58. The van der Waals surface area contributed by atoms with Crippen LogP contribution in [0.4, 0.5) is 5.69 Å². The van der Waals surface area contributed by atoms with Crippen LogP contribution in [-0.4, -0.2) is 35.2 Å². The third-order valence-corrected chi connectivity index (χ3v) is 5.51. The van der Waals surface area contributed by atoms with E-state index in [-0.39, 0.29) is 19.0 Å². The fraction of sp³-hybridized carbons (Fsp3) is 0.391. The Balaban J connectivity index is 2.09. The number of carboxylic acid groups (broad SMARTS) is 1. The summed E-state index contributed by atoms with van der Waals surface area (Å²) in [6.45, 7) is 3.56. The predicted molar refractivity (Wildman–Crippen MR) is 116 cm³/mol. The largest absolute Gasteiger partial charge is 0.491 e. The van der Waals surface area contributed by atoms with Crippen LogP contribution in [0.25, 0.3) is 0 Å². The minimum Gasteiger partial charge on any atom is -0.491 e. The van der Waals surface area contributed by atoms with Crippen LogP contribution in [0.1, 0.15) is 54.9 Å². The molecule has 1 atom stereocenters. The molecule has 2 aromatic carbocycles. The maximum atomic E-state index is 12.5. The number of aryl methyl sites for hydroxylation is 1. The lowest BCUT2D eigenvalue weighted by atomic mass is 9.86. The quantitative estimate of drug-likeness (QED) is 0.302. The molecule has 30 heavy (non-hydrogen) atoms. The predicted octanol–water partition coefficient (Wildman–Crippen LogP) is 3.19. The maximum Gasteiger partial charge on any atom is 0.333 e. The van der Waals surface area contributed by atoms with Crippen molar-refractivity contribution in [1.29, 1.82) is 5.41 Å². The van der Waals surface area contributed by atoms with E-state index in [0.717, 1.165) is 24.0 Å². The van der Waals surface area contributed by atoms with Gasteiger partial charge in [0.15, 0.2) is 5.54 Å². The number of aliphatic hydroxyl groups is 1. The highest BCUT2D eigenvalue weighted by Gasteiger charge is 2.40. The molecule has 1 aliphatic carbocycles. The first-order valence-corrected chi connectivity index (χ1v) is 10.2. The lowest BCUT2D eigenvalue weighted by Gasteiger charge is -2.31. The lowest BCUT2D eigenvalue weighted by Crippen LogP contribution is -2.41. The number of carboxylic acids is 1. The molecule has 160 valence electrons. The summed E-state index contributed by atoms with van der Waals surface area (Å²) in [7, 11) is 0. The van der Waals surface area contributed by atoms with Gasteiger partial charge < -0.3 is 26.0 Å². The monoisotopic (exact) mass is 411 g/mol. The van der Waals surface area contributed by atoms with E-state index in [0.29, 0.717) is 34.9 Å². The Hall–Kier alpha value is -3.06. The number of hydrogen-bond acceptors (Lipinski definition) is 5. The van der Waals surface area contributed by atoms with Gasteiger partial charge in [-0.3, -0.25) is 5.41 Å². The average Bonchev–Trinajstić information content (AvgIpc) is 3.57. The molecule has 3 rings (SSSR count). The van der Waals surface area contributed by atoms with E-state index in [9.17, 15) is 15.0 Å². The summed E-state index contributed by atoms with van der Waals surface area (Å²) in [5, 5.41) is 30.2. The average molecular weight is 412 g/mol. The molecule has 1 saturated carbocycles. The molecule has 6 N–H and O–H groups in total. The zero-order chi connectivity index (χ0) is 21.9. The van der Waals surface area contributed by atoms with E-state index >= 15 is 0 Å². The van der Waals surface area contributed by atoms with Crippen LogP contribution < -0.4 is 15.8 Å². The van der Waals surface area contributed by atoms with E-state index in [2.05, 4.69) is 11.4 Å². The number of aliphatic hydroxyl groups excluding tert-OH is 1. The van der Waals surface area contributed by atoms with Gasteiger partial charge in [0, 0.05) is 16.8 Å². The molecule has 0 amide bonds. The van der Waals surface area contributed by atoms with Crippen molar-refractivity contribution in [3.8, 4) is 5.75 Å². The fourth-order valence-corrected chi connectivity index (χ4v) is 3.58. The third-order valence-electron chi connectivity index (χ3n) is 5.51. The van der Waals surface area contributed by atoms with Crippen molar-refractivity contribution in [3.63, 3.8) is 0 Å². The Morgan fingerprint density at radius 3 is 2.47 bits per heavy atom. The van der Waals surface area contributed by atoms with Gasteiger partial charge in [0.1, 0.15) is 18.2 Å². The Kier molecular flexibility index (Phi) is 6.31. The molecule has 7 nitrogen and oxygen atoms in total. The summed E-state index contributed by atoms with van der Waals surface area (Å²) >= 11 is 0. The topological polar surface area (TPSA) is 129 Å². The number of anilines is 1. The summed E-state index contributed by atoms with van der Waals surface area (Å²) in [4.78, 5) is 12.5. The number of nitrogens with two attached hydrogens (primary N) is 1. The summed E-state index contributed by atoms with van der Waals surface area (Å²) in [6.07, 6.45) is 2.89. The van der Waals surface area contributed by atoms with Gasteiger partial charge in [-0.05, 0) is 73.6 Å². The summed E-state index contributed by atoms with van der Waals surface area (Å²) < 4.78 is 5.85. The standard InChI is InChI=1S/C23H29N3O4/c1-3-14-12-17(15-4-5-15)13-19(20(14)30-11-10-27)23(2,22(28)29)26-18-8-6-16(7-9-18)21(24)25/h6-9,12-13,15,26-27H,3-5,10-11H2,1-2H3,(H3,24,25)(H,28,29). The van der Waals surface area contributed by atoms with Crippen LogP contribution >= 0.6 is 0 Å². The second-order valence-corrected chi connectivity index (χ2v) is 7.80. The first-order chi connectivity index (χ1) is 14.3. The third kappa shape index (κ3) is 4.41. The van der Waals surface area contributed by atoms with E-state index in [1.807, 2.05) is 13.0 Å². The zero-order valence-corrected chi connectivity index (χ0v) is 17.4. The molecule has 0 heterocycles. The Bertz CT molecular complexity index is 938. The number of benzene rings is 2. The second kappa shape index (κ2) is 8.75. The van der Waals surface area contributed by atoms with Gasteiger partial charge in [-0.25, -0.2) is 4.79 Å². The van der Waals surface area contributed by atoms with Gasteiger partial charge >= 0.3 is 5.97 Å². The van der Waals surface area contributed by atoms with E-state index in [1.165, 1.54) is 0 Å². The van der Waals surface area contributed by atoms with Crippen molar-refractivity contribution in [2.24, 2.45) is 5.73 Å². The van der Waals surface area contributed by atoms with Crippen molar-refractivity contribution in [2.75, 3.05) is 18.5 Å². The lowest BCUT2D eigenvalue weighted by molar-refractivity contribution is -0.142. The molecule has 0 bridgehead atoms. The summed E-state index contributed by atoms with van der Waals surface area (Å²) in [6, 6.07) is 10.8. The van der Waals surface area contributed by atoms with E-state index < -0.39 is 11.5 Å². The number of nitrogens with one attached hydrogen (secondary N) is 2. The number of amidine groups is 1. The van der Waals surface area contributed by atoms with Crippen molar-refractivity contribution in [3.05, 3.63) is 58.7 Å². The van der Waals surface area contributed by atoms with Crippen LogP contribution in [0.3, 0.4) is 0 Å². The molecule has 2 aromatic rings. The number of nitrogen functional groups attached to an aromatic ring is 1. The smallest absolute Gasteiger partial charge is 0.333 e.